The molecule has 1 aromatic heterocycles. The van der Waals surface area contributed by atoms with Gasteiger partial charge >= 0.3 is 6.09 Å². The quantitative estimate of drug-likeness (QED) is 0.360. The number of amides is 1. The minimum Gasteiger partial charge on any atom is -0.482 e. The molecule has 4 rings (SSSR count). The maximum Gasteiger partial charge on any atom is 0.410 e. The molecule has 1 amide bonds. The first-order valence-electron chi connectivity index (χ1n) is 11.6. The zero-order chi connectivity index (χ0) is 26.2. The molecular weight excluding hydrogens is 504 g/mol. The Bertz CT molecular complexity index is 1310. The Balaban J connectivity index is 1.55. The summed E-state index contributed by atoms with van der Waals surface area (Å²) < 4.78 is 25.5. The van der Waals surface area contributed by atoms with Gasteiger partial charge in [0.25, 0.3) is 0 Å². The molecule has 0 spiro atoms. The average Bonchev–Trinajstić information content (AvgIpc) is 2.81. The number of fused-ring (bicyclic) bond motifs is 1. The number of rotatable bonds is 4. The molecule has 2 N–H and O–H groups in total. The number of aromatic nitrogens is 1. The van der Waals surface area contributed by atoms with Gasteiger partial charge in [0.2, 0.25) is 0 Å². The summed E-state index contributed by atoms with van der Waals surface area (Å²) in [5, 5.41) is 0.208. The number of nitrogen functional groups attached to an aromatic ring is 1. The third-order valence-electron chi connectivity index (χ3n) is 5.88. The summed E-state index contributed by atoms with van der Waals surface area (Å²) in [6, 6.07) is 10.5. The zero-order valence-corrected chi connectivity index (χ0v) is 22.1. The molecule has 0 saturated heterocycles. The zero-order valence-electron chi connectivity index (χ0n) is 20.6. The van der Waals surface area contributed by atoms with Crippen LogP contribution in [0.15, 0.2) is 42.6 Å². The van der Waals surface area contributed by atoms with Crippen LogP contribution < -0.4 is 10.5 Å². The molecule has 1 aliphatic rings. The lowest BCUT2D eigenvalue weighted by molar-refractivity contribution is 0.0224. The van der Waals surface area contributed by atoms with Crippen molar-refractivity contribution in [3.63, 3.8) is 0 Å². The van der Waals surface area contributed by atoms with Crippen LogP contribution in [0.25, 0.3) is 11.1 Å². The van der Waals surface area contributed by atoms with Crippen molar-refractivity contribution in [1.29, 1.82) is 0 Å². The van der Waals surface area contributed by atoms with E-state index in [-0.39, 0.29) is 16.9 Å². The van der Waals surface area contributed by atoms with Gasteiger partial charge in [0, 0.05) is 35.4 Å². The Kier molecular flexibility index (Phi) is 7.34. The number of hydrogen-bond acceptors (Lipinski definition) is 5. The Morgan fingerprint density at radius 1 is 1.14 bits per heavy atom. The van der Waals surface area contributed by atoms with Crippen molar-refractivity contribution in [2.75, 3.05) is 12.3 Å². The van der Waals surface area contributed by atoms with Gasteiger partial charge < -0.3 is 20.1 Å². The summed E-state index contributed by atoms with van der Waals surface area (Å²) in [6.45, 7) is 8.35. The molecule has 0 radical (unpaired) electrons. The molecule has 3 aromatic rings. The van der Waals surface area contributed by atoms with E-state index in [9.17, 15) is 9.18 Å². The Labute approximate surface area is 220 Å². The van der Waals surface area contributed by atoms with Gasteiger partial charge in [-0.15, -0.1) is 0 Å². The molecule has 0 aliphatic carbocycles. The first kappa shape index (κ1) is 26.0. The van der Waals surface area contributed by atoms with Crippen molar-refractivity contribution in [2.45, 2.75) is 52.4 Å². The van der Waals surface area contributed by atoms with Gasteiger partial charge in [0.05, 0.1) is 5.02 Å². The summed E-state index contributed by atoms with van der Waals surface area (Å²) in [7, 11) is 0. The summed E-state index contributed by atoms with van der Waals surface area (Å²) >= 11 is 12.4. The van der Waals surface area contributed by atoms with Crippen molar-refractivity contribution >= 4 is 35.1 Å². The lowest BCUT2D eigenvalue weighted by Gasteiger charge is -2.31. The van der Waals surface area contributed by atoms with E-state index in [1.807, 2.05) is 32.9 Å². The highest BCUT2D eigenvalue weighted by Crippen LogP contribution is 2.37. The van der Waals surface area contributed by atoms with Crippen molar-refractivity contribution < 1.29 is 18.7 Å². The van der Waals surface area contributed by atoms with E-state index in [0.717, 1.165) is 22.3 Å². The van der Waals surface area contributed by atoms with Crippen LogP contribution in [0.3, 0.4) is 0 Å². The van der Waals surface area contributed by atoms with Crippen molar-refractivity contribution in [2.24, 2.45) is 0 Å². The number of ether oxygens (including phenoxy) is 2. The van der Waals surface area contributed by atoms with Crippen LogP contribution in [-0.4, -0.2) is 28.1 Å². The van der Waals surface area contributed by atoms with Crippen molar-refractivity contribution in [1.82, 2.24) is 9.88 Å². The third kappa shape index (κ3) is 5.68. The standard InChI is InChI=1S/C27H28Cl2FN3O3/c1-15(23-20(28)7-8-21(30)24(23)29)35-22-12-19(13-32-25(22)31)16-5-6-18-14-33(10-9-17(18)11-16)26(34)36-27(2,3)4/h5-8,11-13,15H,9-10,14H2,1-4H3,(H2,31,32)/t15-/m1/s1. The lowest BCUT2D eigenvalue weighted by atomic mass is 9.95. The van der Waals surface area contributed by atoms with E-state index in [2.05, 4.69) is 11.1 Å². The van der Waals surface area contributed by atoms with Crippen molar-refractivity contribution in [3.8, 4) is 16.9 Å². The second kappa shape index (κ2) is 10.1. The van der Waals surface area contributed by atoms with Crippen LogP contribution in [-0.2, 0) is 17.7 Å². The number of anilines is 1. The van der Waals surface area contributed by atoms with Gasteiger partial charge in [-0.05, 0) is 69.0 Å². The van der Waals surface area contributed by atoms with Gasteiger partial charge in [-0.3, -0.25) is 0 Å². The first-order valence-corrected chi connectivity index (χ1v) is 12.3. The number of nitrogens with two attached hydrogens (primary N) is 1. The largest absolute Gasteiger partial charge is 0.482 e. The van der Waals surface area contributed by atoms with Crippen LogP contribution in [0.4, 0.5) is 15.0 Å². The molecule has 36 heavy (non-hydrogen) atoms. The van der Waals surface area contributed by atoms with E-state index in [0.29, 0.717) is 35.8 Å². The van der Waals surface area contributed by atoms with Gasteiger partial charge in [-0.2, -0.15) is 0 Å². The molecule has 0 unspecified atom stereocenters. The summed E-state index contributed by atoms with van der Waals surface area (Å²) in [5.41, 5.74) is 9.84. The van der Waals surface area contributed by atoms with Crippen molar-refractivity contribution in [3.05, 3.63) is 75.1 Å². The van der Waals surface area contributed by atoms with Crippen LogP contribution in [0.5, 0.6) is 5.75 Å². The van der Waals surface area contributed by atoms with Crippen LogP contribution >= 0.6 is 23.2 Å². The monoisotopic (exact) mass is 531 g/mol. The topological polar surface area (TPSA) is 77.7 Å². The molecule has 2 aromatic carbocycles. The highest BCUT2D eigenvalue weighted by Gasteiger charge is 2.26. The normalized spacial score (nSPS) is 14.2. The van der Waals surface area contributed by atoms with Gasteiger partial charge in [-0.1, -0.05) is 41.4 Å². The Hall–Kier alpha value is -3.03. The molecule has 6 nitrogen and oxygen atoms in total. The number of benzene rings is 2. The van der Waals surface area contributed by atoms with E-state index >= 15 is 0 Å². The number of nitrogens with zero attached hydrogens (tertiary/aromatic N) is 2. The smallest absolute Gasteiger partial charge is 0.410 e. The second-order valence-corrected chi connectivity index (χ2v) is 10.5. The molecule has 2 heterocycles. The van der Waals surface area contributed by atoms with Gasteiger partial charge in [0.15, 0.2) is 11.6 Å². The number of carbonyl (C=O) groups excluding carboxylic acids is 1. The minimum atomic E-state index is -0.664. The molecular formula is C27H28Cl2FN3O3. The maximum absolute atomic E-state index is 14.0. The second-order valence-electron chi connectivity index (χ2n) is 9.76. The average molecular weight is 532 g/mol. The molecule has 1 atom stereocenters. The Morgan fingerprint density at radius 3 is 2.61 bits per heavy atom. The van der Waals surface area contributed by atoms with E-state index in [4.69, 9.17) is 38.4 Å². The first-order chi connectivity index (χ1) is 16.9. The minimum absolute atomic E-state index is 0.0900. The number of halogens is 3. The lowest BCUT2D eigenvalue weighted by Crippen LogP contribution is -2.39. The van der Waals surface area contributed by atoms with Gasteiger partial charge in [-0.25, -0.2) is 14.2 Å². The Morgan fingerprint density at radius 2 is 1.89 bits per heavy atom. The predicted molar refractivity (Wildman–Crippen MR) is 140 cm³/mol. The van der Waals surface area contributed by atoms with E-state index < -0.39 is 17.5 Å². The van der Waals surface area contributed by atoms with Crippen LogP contribution in [0.1, 0.15) is 50.5 Å². The SMILES string of the molecule is C[C@@H](Oc1cc(-c2ccc3c(c2)CCN(C(=O)OC(C)(C)C)C3)cnc1N)c1c(Cl)ccc(F)c1Cl. The molecule has 1 aliphatic heterocycles. The number of pyridine rings is 1. The fourth-order valence-electron chi connectivity index (χ4n) is 4.09. The fourth-order valence-corrected chi connectivity index (χ4v) is 4.77. The van der Waals surface area contributed by atoms with E-state index in [1.165, 1.54) is 12.1 Å². The highest BCUT2D eigenvalue weighted by atomic mass is 35.5. The summed E-state index contributed by atoms with van der Waals surface area (Å²) in [6.07, 6.45) is 1.41. The van der Waals surface area contributed by atoms with Crippen LogP contribution in [0, 0.1) is 5.82 Å². The molecule has 0 saturated carbocycles. The van der Waals surface area contributed by atoms with E-state index in [1.54, 1.807) is 24.1 Å². The maximum atomic E-state index is 14.0. The number of carbonyl (C=O) groups is 1. The highest BCUT2D eigenvalue weighted by molar-refractivity contribution is 6.36. The third-order valence-corrected chi connectivity index (χ3v) is 6.59. The van der Waals surface area contributed by atoms with Crippen LogP contribution in [0.2, 0.25) is 10.0 Å². The predicted octanol–water partition coefficient (Wildman–Crippen LogP) is 7.21. The fraction of sp³-hybridized carbons (Fsp3) is 0.333. The molecule has 0 bridgehead atoms. The summed E-state index contributed by atoms with van der Waals surface area (Å²) in [4.78, 5) is 18.5. The molecule has 9 heteroatoms. The molecule has 0 fully saturated rings. The molecule has 190 valence electrons. The summed E-state index contributed by atoms with van der Waals surface area (Å²) in [5.74, 6) is -0.0453. The number of hydrogen-bond donors (Lipinski definition) is 1. The van der Waals surface area contributed by atoms with Gasteiger partial charge in [0.1, 0.15) is 17.5 Å².